The first-order valence-corrected chi connectivity index (χ1v) is 8.47. The number of aromatic nitrogens is 4. The van der Waals surface area contributed by atoms with Crippen molar-refractivity contribution in [1.82, 2.24) is 25.0 Å². The number of hydrogen-bond acceptors (Lipinski definition) is 4. The Morgan fingerprint density at radius 2 is 2.04 bits per heavy atom. The number of carbonyl (C=O) groups is 1. The second-order valence-corrected chi connectivity index (χ2v) is 6.40. The van der Waals surface area contributed by atoms with Crippen LogP contribution in [0.3, 0.4) is 0 Å². The molecule has 0 unspecified atom stereocenters. The fraction of sp³-hybridized carbons (Fsp3) is 0.263. The van der Waals surface area contributed by atoms with Gasteiger partial charge in [-0.25, -0.2) is 10.1 Å². The van der Waals surface area contributed by atoms with E-state index in [1.807, 2.05) is 36.7 Å². The van der Waals surface area contributed by atoms with Crippen LogP contribution in [-0.4, -0.2) is 31.7 Å². The van der Waals surface area contributed by atoms with Crippen LogP contribution in [0.5, 0.6) is 0 Å². The van der Waals surface area contributed by atoms with Crippen molar-refractivity contribution in [2.24, 2.45) is 12.1 Å². The molecule has 3 rings (SSSR count). The Kier molecular flexibility index (Phi) is 5.16. The number of nitrogens with one attached hydrogen (secondary N) is 1. The summed E-state index contributed by atoms with van der Waals surface area (Å²) in [6.07, 6.45) is 1.26. The van der Waals surface area contributed by atoms with Gasteiger partial charge in [-0.3, -0.25) is 9.48 Å². The predicted molar refractivity (Wildman–Crippen MR) is 100 cm³/mol. The Hall–Kier alpha value is -3.29. The van der Waals surface area contributed by atoms with Crippen molar-refractivity contribution in [2.75, 3.05) is 0 Å². The van der Waals surface area contributed by atoms with Crippen molar-refractivity contribution in [3.8, 4) is 0 Å². The van der Waals surface area contributed by atoms with Gasteiger partial charge in [0.2, 0.25) is 5.95 Å². The van der Waals surface area contributed by atoms with E-state index < -0.39 is 5.95 Å². The van der Waals surface area contributed by atoms with Crippen LogP contribution in [0.1, 0.15) is 38.6 Å². The highest BCUT2D eigenvalue weighted by Crippen LogP contribution is 2.11. The molecule has 8 heteroatoms. The summed E-state index contributed by atoms with van der Waals surface area (Å²) < 4.78 is 16.9. The number of nitrogens with zero attached hydrogens (tertiary/aromatic N) is 5. The maximum absolute atomic E-state index is 13.9. The Morgan fingerprint density at radius 1 is 1.26 bits per heavy atom. The molecular weight excluding hydrogens is 347 g/mol. The van der Waals surface area contributed by atoms with Gasteiger partial charge < -0.3 is 0 Å². The third kappa shape index (κ3) is 4.11. The van der Waals surface area contributed by atoms with E-state index in [0.717, 1.165) is 21.6 Å². The first-order valence-electron chi connectivity index (χ1n) is 8.47. The quantitative estimate of drug-likeness (QED) is 0.555. The van der Waals surface area contributed by atoms with Crippen LogP contribution in [0.2, 0.25) is 0 Å². The molecule has 0 saturated heterocycles. The Labute approximate surface area is 156 Å². The van der Waals surface area contributed by atoms with E-state index in [2.05, 4.69) is 20.7 Å². The average molecular weight is 368 g/mol. The summed E-state index contributed by atoms with van der Waals surface area (Å²) >= 11 is 0. The topological polar surface area (TPSA) is 77.1 Å². The fourth-order valence-corrected chi connectivity index (χ4v) is 2.83. The van der Waals surface area contributed by atoms with Crippen LogP contribution < -0.4 is 5.43 Å². The molecular formula is C19H21FN6O. The molecule has 0 aliphatic heterocycles. The van der Waals surface area contributed by atoms with Crippen LogP contribution in [0.15, 0.2) is 35.4 Å². The molecule has 0 aliphatic carbocycles. The van der Waals surface area contributed by atoms with E-state index in [9.17, 15) is 9.18 Å². The Balaban J connectivity index is 1.70. The van der Waals surface area contributed by atoms with Gasteiger partial charge in [-0.2, -0.15) is 19.7 Å². The molecule has 0 aliphatic rings. The molecule has 7 nitrogen and oxygen atoms in total. The van der Waals surface area contributed by atoms with E-state index in [1.165, 1.54) is 13.3 Å². The zero-order valence-corrected chi connectivity index (χ0v) is 15.7. The Bertz CT molecular complexity index is 1020. The molecule has 1 amide bonds. The zero-order chi connectivity index (χ0) is 19.6. The summed E-state index contributed by atoms with van der Waals surface area (Å²) in [5.41, 5.74) is 6.60. The molecule has 0 atom stereocenters. The highest BCUT2D eigenvalue weighted by molar-refractivity contribution is 5.95. The van der Waals surface area contributed by atoms with Crippen LogP contribution >= 0.6 is 0 Å². The molecule has 0 radical (unpaired) electrons. The van der Waals surface area contributed by atoms with Gasteiger partial charge in [-0.1, -0.05) is 12.1 Å². The zero-order valence-electron chi connectivity index (χ0n) is 15.7. The van der Waals surface area contributed by atoms with Gasteiger partial charge in [-0.05, 0) is 44.5 Å². The minimum atomic E-state index is -0.502. The normalized spacial score (nSPS) is 11.3. The Morgan fingerprint density at radius 3 is 2.67 bits per heavy atom. The highest BCUT2D eigenvalue weighted by Gasteiger charge is 2.11. The molecule has 0 spiro atoms. The van der Waals surface area contributed by atoms with E-state index in [1.54, 1.807) is 19.1 Å². The monoisotopic (exact) mass is 368 g/mol. The number of carbonyl (C=O) groups excluding carboxylic acids is 1. The maximum atomic E-state index is 13.9. The first-order chi connectivity index (χ1) is 12.8. The van der Waals surface area contributed by atoms with Crippen LogP contribution in [-0.2, 0) is 13.6 Å². The fourth-order valence-electron chi connectivity index (χ4n) is 2.83. The number of benzene rings is 1. The summed E-state index contributed by atoms with van der Waals surface area (Å²) in [5.74, 6) is -0.874. The average Bonchev–Trinajstić information content (AvgIpc) is 3.06. The molecule has 0 saturated carbocycles. The molecule has 3 aromatic rings. The van der Waals surface area contributed by atoms with E-state index >= 15 is 0 Å². The van der Waals surface area contributed by atoms with Crippen LogP contribution in [0.4, 0.5) is 4.39 Å². The van der Waals surface area contributed by atoms with Gasteiger partial charge >= 0.3 is 0 Å². The van der Waals surface area contributed by atoms with Gasteiger partial charge in [0.05, 0.1) is 29.7 Å². The van der Waals surface area contributed by atoms with Gasteiger partial charge in [0.15, 0.2) is 0 Å². The molecule has 27 heavy (non-hydrogen) atoms. The molecule has 1 aromatic carbocycles. The van der Waals surface area contributed by atoms with Crippen molar-refractivity contribution in [1.29, 1.82) is 0 Å². The molecule has 1 N–H and O–H groups in total. The molecule has 0 fully saturated rings. The predicted octanol–water partition coefficient (Wildman–Crippen LogP) is 2.49. The molecule has 140 valence electrons. The molecule has 0 bridgehead atoms. The summed E-state index contributed by atoms with van der Waals surface area (Å²) in [6, 6.07) is 9.24. The number of hydrazone groups is 1. The summed E-state index contributed by atoms with van der Waals surface area (Å²) in [5, 5.41) is 12.2. The number of rotatable bonds is 5. The van der Waals surface area contributed by atoms with Gasteiger partial charge in [0, 0.05) is 18.3 Å². The largest absolute Gasteiger partial charge is 0.271 e. The van der Waals surface area contributed by atoms with Gasteiger partial charge in [0.25, 0.3) is 5.91 Å². The van der Waals surface area contributed by atoms with E-state index in [4.69, 9.17) is 0 Å². The third-order valence-electron chi connectivity index (χ3n) is 4.18. The number of aryl methyl sites for hydroxylation is 4. The maximum Gasteiger partial charge on any atom is 0.271 e. The smallest absolute Gasteiger partial charge is 0.267 e. The van der Waals surface area contributed by atoms with Crippen molar-refractivity contribution < 1.29 is 9.18 Å². The lowest BCUT2D eigenvalue weighted by atomic mass is 10.1. The SMILES string of the molecule is Cc1cc(C)n(Cc2cccc(C(=O)NN=Cc3c(C)nn(C)c3F)c2)n1. The summed E-state index contributed by atoms with van der Waals surface area (Å²) in [7, 11) is 1.51. The van der Waals surface area contributed by atoms with E-state index in [-0.39, 0.29) is 11.5 Å². The highest BCUT2D eigenvalue weighted by atomic mass is 19.1. The number of halogens is 1. The second kappa shape index (κ2) is 7.53. The second-order valence-electron chi connectivity index (χ2n) is 6.40. The summed E-state index contributed by atoms with van der Waals surface area (Å²) in [6.45, 7) is 6.18. The van der Waals surface area contributed by atoms with Crippen molar-refractivity contribution >= 4 is 12.1 Å². The molecule has 2 aromatic heterocycles. The van der Waals surface area contributed by atoms with Crippen molar-refractivity contribution in [2.45, 2.75) is 27.3 Å². The third-order valence-corrected chi connectivity index (χ3v) is 4.18. The molecule has 2 heterocycles. The number of amides is 1. The lowest BCUT2D eigenvalue weighted by Crippen LogP contribution is -2.18. The van der Waals surface area contributed by atoms with Crippen molar-refractivity contribution in [3.05, 3.63) is 70.1 Å². The standard InChI is InChI=1S/C19H21FN6O/c1-12-8-13(2)26(23-12)11-15-6-5-7-16(9-15)19(27)22-21-10-17-14(3)24-25(4)18(17)20/h5-10H,11H2,1-4H3,(H,22,27). The number of hydrogen-bond donors (Lipinski definition) is 1. The minimum absolute atomic E-state index is 0.246. The van der Waals surface area contributed by atoms with Gasteiger partial charge in [0.1, 0.15) is 0 Å². The lowest BCUT2D eigenvalue weighted by Gasteiger charge is -2.06. The summed E-state index contributed by atoms with van der Waals surface area (Å²) in [4.78, 5) is 12.3. The van der Waals surface area contributed by atoms with Crippen LogP contribution in [0.25, 0.3) is 0 Å². The van der Waals surface area contributed by atoms with Crippen LogP contribution in [0, 0.1) is 26.7 Å². The van der Waals surface area contributed by atoms with Gasteiger partial charge in [-0.15, -0.1) is 0 Å². The lowest BCUT2D eigenvalue weighted by molar-refractivity contribution is 0.0955. The van der Waals surface area contributed by atoms with Crippen molar-refractivity contribution in [3.63, 3.8) is 0 Å². The minimum Gasteiger partial charge on any atom is -0.267 e. The van der Waals surface area contributed by atoms with E-state index in [0.29, 0.717) is 17.8 Å². The first kappa shape index (κ1) is 18.5.